The molecule has 0 radical (unpaired) electrons. The second-order valence-electron chi connectivity index (χ2n) is 3.15. The highest BCUT2D eigenvalue weighted by molar-refractivity contribution is 5.88. The lowest BCUT2D eigenvalue weighted by atomic mass is 10.2. The van der Waals surface area contributed by atoms with Crippen LogP contribution >= 0.6 is 0 Å². The molecule has 0 unspecified atom stereocenters. The molecule has 82 valence electrons. The van der Waals surface area contributed by atoms with E-state index in [0.29, 0.717) is 12.4 Å². The fourth-order valence-electron chi connectivity index (χ4n) is 1.09. The molecule has 0 amide bonds. The number of aromatic carboxylic acids is 1. The molecule has 1 rings (SSSR count). The van der Waals surface area contributed by atoms with E-state index in [0.717, 1.165) is 18.9 Å². The number of carboxylic acids is 1. The zero-order valence-corrected chi connectivity index (χ0v) is 8.50. The van der Waals surface area contributed by atoms with Crippen LogP contribution in [0.4, 0.5) is 4.39 Å². The number of carboxylic acid groups (broad SMARTS) is 1. The van der Waals surface area contributed by atoms with Crippen molar-refractivity contribution in [2.75, 3.05) is 6.61 Å². The van der Waals surface area contributed by atoms with Gasteiger partial charge in [0.1, 0.15) is 11.6 Å². The van der Waals surface area contributed by atoms with Gasteiger partial charge in [0.15, 0.2) is 0 Å². The first kappa shape index (κ1) is 11.5. The molecule has 15 heavy (non-hydrogen) atoms. The molecule has 3 nitrogen and oxygen atoms in total. The van der Waals surface area contributed by atoms with E-state index in [4.69, 9.17) is 9.84 Å². The van der Waals surface area contributed by atoms with Gasteiger partial charge in [0.05, 0.1) is 12.2 Å². The second kappa shape index (κ2) is 5.34. The van der Waals surface area contributed by atoms with E-state index in [9.17, 15) is 9.18 Å². The average Bonchev–Trinajstić information content (AvgIpc) is 2.17. The molecule has 0 heterocycles. The van der Waals surface area contributed by atoms with Gasteiger partial charge in [0, 0.05) is 6.07 Å². The maximum Gasteiger partial charge on any atom is 0.338 e. The summed E-state index contributed by atoms with van der Waals surface area (Å²) in [7, 11) is 0. The van der Waals surface area contributed by atoms with Crippen molar-refractivity contribution in [3.8, 4) is 5.75 Å². The van der Waals surface area contributed by atoms with E-state index in [1.807, 2.05) is 6.92 Å². The highest BCUT2D eigenvalue weighted by atomic mass is 19.1. The predicted molar refractivity (Wildman–Crippen MR) is 53.8 cm³/mol. The van der Waals surface area contributed by atoms with Crippen molar-refractivity contribution in [3.05, 3.63) is 29.6 Å². The zero-order chi connectivity index (χ0) is 11.3. The summed E-state index contributed by atoms with van der Waals surface area (Å²) in [6, 6.07) is 3.76. The van der Waals surface area contributed by atoms with Gasteiger partial charge in [0.25, 0.3) is 0 Å². The molecule has 0 aromatic heterocycles. The SMILES string of the molecule is CCCCOc1ccc(C(=O)O)c(F)c1. The van der Waals surface area contributed by atoms with Gasteiger partial charge < -0.3 is 9.84 Å². The minimum absolute atomic E-state index is 0.335. The maximum atomic E-state index is 13.1. The van der Waals surface area contributed by atoms with Crippen molar-refractivity contribution in [3.63, 3.8) is 0 Å². The summed E-state index contributed by atoms with van der Waals surface area (Å²) in [4.78, 5) is 10.5. The van der Waals surface area contributed by atoms with Crippen LogP contribution in [0.15, 0.2) is 18.2 Å². The zero-order valence-electron chi connectivity index (χ0n) is 8.50. The fraction of sp³-hybridized carbons (Fsp3) is 0.364. The first-order valence-electron chi connectivity index (χ1n) is 4.80. The number of unbranched alkanes of at least 4 members (excludes halogenated alkanes) is 1. The Hall–Kier alpha value is -1.58. The van der Waals surface area contributed by atoms with Gasteiger partial charge >= 0.3 is 5.97 Å². The Labute approximate surface area is 87.5 Å². The smallest absolute Gasteiger partial charge is 0.338 e. The largest absolute Gasteiger partial charge is 0.493 e. The Bertz CT molecular complexity index is 350. The summed E-state index contributed by atoms with van der Waals surface area (Å²) in [6.45, 7) is 2.54. The minimum Gasteiger partial charge on any atom is -0.493 e. The fourth-order valence-corrected chi connectivity index (χ4v) is 1.09. The first-order valence-corrected chi connectivity index (χ1v) is 4.80. The van der Waals surface area contributed by atoms with Gasteiger partial charge in [-0.2, -0.15) is 0 Å². The Morgan fingerprint density at radius 1 is 1.53 bits per heavy atom. The van der Waals surface area contributed by atoms with Crippen LogP contribution < -0.4 is 4.74 Å². The number of rotatable bonds is 5. The molecule has 4 heteroatoms. The van der Waals surface area contributed by atoms with E-state index in [1.54, 1.807) is 0 Å². The highest BCUT2D eigenvalue weighted by Crippen LogP contribution is 2.16. The molecule has 0 fully saturated rings. The number of carbonyl (C=O) groups is 1. The molecule has 0 bridgehead atoms. The van der Waals surface area contributed by atoms with Crippen LogP contribution in [-0.4, -0.2) is 17.7 Å². The number of hydrogen-bond donors (Lipinski definition) is 1. The maximum absolute atomic E-state index is 13.1. The molecule has 1 N–H and O–H groups in total. The molecule has 1 aromatic carbocycles. The quantitative estimate of drug-likeness (QED) is 0.763. The molecule has 0 aliphatic rings. The Kier molecular flexibility index (Phi) is 4.09. The van der Waals surface area contributed by atoms with Crippen LogP contribution in [0.5, 0.6) is 5.75 Å². The number of benzene rings is 1. The average molecular weight is 212 g/mol. The lowest BCUT2D eigenvalue weighted by Crippen LogP contribution is -2.02. The van der Waals surface area contributed by atoms with Crippen molar-refractivity contribution in [1.82, 2.24) is 0 Å². The van der Waals surface area contributed by atoms with Crippen LogP contribution in [0.2, 0.25) is 0 Å². The summed E-state index contributed by atoms with van der Waals surface area (Å²) in [5.74, 6) is -1.67. The van der Waals surface area contributed by atoms with E-state index < -0.39 is 11.8 Å². The normalized spacial score (nSPS) is 10.0. The molecule has 1 aromatic rings. The summed E-state index contributed by atoms with van der Waals surface area (Å²) >= 11 is 0. The first-order chi connectivity index (χ1) is 7.15. The van der Waals surface area contributed by atoms with Crippen molar-refractivity contribution in [1.29, 1.82) is 0 Å². The van der Waals surface area contributed by atoms with Crippen LogP contribution in [0.25, 0.3) is 0 Å². The standard InChI is InChI=1S/C11H13FO3/c1-2-3-6-15-8-4-5-9(11(13)14)10(12)7-8/h4-5,7H,2-3,6H2,1H3,(H,13,14). The van der Waals surface area contributed by atoms with E-state index in [-0.39, 0.29) is 5.56 Å². The molecule has 0 saturated heterocycles. The second-order valence-corrected chi connectivity index (χ2v) is 3.15. The summed E-state index contributed by atoms with van der Waals surface area (Å²) in [5.41, 5.74) is -0.335. The van der Waals surface area contributed by atoms with Crippen molar-refractivity contribution >= 4 is 5.97 Å². The highest BCUT2D eigenvalue weighted by Gasteiger charge is 2.10. The van der Waals surface area contributed by atoms with E-state index >= 15 is 0 Å². The third-order valence-electron chi connectivity index (χ3n) is 1.94. The third kappa shape index (κ3) is 3.23. The van der Waals surface area contributed by atoms with Crippen LogP contribution in [0, 0.1) is 5.82 Å². The van der Waals surface area contributed by atoms with Crippen molar-refractivity contribution < 1.29 is 19.0 Å². The molecule has 0 aliphatic carbocycles. The van der Waals surface area contributed by atoms with E-state index in [2.05, 4.69) is 0 Å². The van der Waals surface area contributed by atoms with Crippen molar-refractivity contribution in [2.24, 2.45) is 0 Å². The van der Waals surface area contributed by atoms with Gasteiger partial charge in [-0.3, -0.25) is 0 Å². The van der Waals surface area contributed by atoms with Gasteiger partial charge in [-0.1, -0.05) is 13.3 Å². The number of ether oxygens (including phenoxy) is 1. The Balaban J connectivity index is 2.69. The summed E-state index contributed by atoms with van der Waals surface area (Å²) in [5, 5.41) is 8.59. The summed E-state index contributed by atoms with van der Waals surface area (Å²) < 4.78 is 18.4. The topological polar surface area (TPSA) is 46.5 Å². The van der Waals surface area contributed by atoms with Gasteiger partial charge in [-0.15, -0.1) is 0 Å². The van der Waals surface area contributed by atoms with Gasteiger partial charge in [-0.05, 0) is 18.6 Å². The molecular formula is C11H13FO3. The van der Waals surface area contributed by atoms with Crippen LogP contribution in [0.1, 0.15) is 30.1 Å². The molecule has 0 aliphatic heterocycles. The minimum atomic E-state index is -1.27. The molecule has 0 saturated carbocycles. The van der Waals surface area contributed by atoms with Crippen LogP contribution in [-0.2, 0) is 0 Å². The van der Waals surface area contributed by atoms with Crippen molar-refractivity contribution in [2.45, 2.75) is 19.8 Å². The number of hydrogen-bond acceptors (Lipinski definition) is 2. The number of halogens is 1. The van der Waals surface area contributed by atoms with Gasteiger partial charge in [0.2, 0.25) is 0 Å². The Morgan fingerprint density at radius 2 is 2.27 bits per heavy atom. The lowest BCUT2D eigenvalue weighted by molar-refractivity contribution is 0.0692. The molecular weight excluding hydrogens is 199 g/mol. The monoisotopic (exact) mass is 212 g/mol. The van der Waals surface area contributed by atoms with Crippen LogP contribution in [0.3, 0.4) is 0 Å². The summed E-state index contributed by atoms with van der Waals surface area (Å²) in [6.07, 6.45) is 1.89. The predicted octanol–water partition coefficient (Wildman–Crippen LogP) is 2.70. The molecule has 0 spiro atoms. The molecule has 0 atom stereocenters. The lowest BCUT2D eigenvalue weighted by Gasteiger charge is -2.05. The van der Waals surface area contributed by atoms with Gasteiger partial charge in [-0.25, -0.2) is 9.18 Å². The third-order valence-corrected chi connectivity index (χ3v) is 1.94. The Morgan fingerprint density at radius 3 is 2.80 bits per heavy atom. The van der Waals surface area contributed by atoms with E-state index in [1.165, 1.54) is 12.1 Å².